The van der Waals surface area contributed by atoms with E-state index in [4.69, 9.17) is 4.74 Å². The zero-order chi connectivity index (χ0) is 22.1. The molecule has 4 rings (SSSR count). The third-order valence-corrected chi connectivity index (χ3v) is 5.18. The molecule has 0 bridgehead atoms. The van der Waals surface area contributed by atoms with Crippen molar-refractivity contribution in [1.29, 1.82) is 0 Å². The summed E-state index contributed by atoms with van der Waals surface area (Å²) in [6.45, 7) is 7.52. The maximum Gasteiger partial charge on any atom is 0.408 e. The Labute approximate surface area is 182 Å². The summed E-state index contributed by atoms with van der Waals surface area (Å²) in [6, 6.07) is 18.1. The Bertz CT molecular complexity index is 1190. The number of para-hydroxylation sites is 1. The highest BCUT2D eigenvalue weighted by Gasteiger charge is 2.34. The van der Waals surface area contributed by atoms with E-state index in [1.807, 2.05) is 82.4 Å². The van der Waals surface area contributed by atoms with Gasteiger partial charge in [0, 0.05) is 23.5 Å². The highest BCUT2D eigenvalue weighted by Crippen LogP contribution is 2.30. The van der Waals surface area contributed by atoms with Gasteiger partial charge in [-0.25, -0.2) is 9.78 Å². The van der Waals surface area contributed by atoms with Crippen LogP contribution in [0.15, 0.2) is 67.0 Å². The molecule has 2 aromatic heterocycles. The summed E-state index contributed by atoms with van der Waals surface area (Å²) in [5.74, 6) is 0.669. The fourth-order valence-electron chi connectivity index (χ4n) is 3.74. The van der Waals surface area contributed by atoms with Crippen LogP contribution in [0.1, 0.15) is 39.1 Å². The van der Waals surface area contributed by atoms with E-state index in [0.29, 0.717) is 12.2 Å². The number of amides is 1. The quantitative estimate of drug-likeness (QED) is 0.399. The number of carbonyl (C=O) groups is 1. The van der Waals surface area contributed by atoms with E-state index in [-0.39, 0.29) is 0 Å². The van der Waals surface area contributed by atoms with Gasteiger partial charge < -0.3 is 20.0 Å². The summed E-state index contributed by atoms with van der Waals surface area (Å²) >= 11 is 0. The monoisotopic (exact) mass is 416 g/mol. The van der Waals surface area contributed by atoms with Gasteiger partial charge >= 0.3 is 6.09 Å². The Balaban J connectivity index is 1.70. The van der Waals surface area contributed by atoms with Crippen LogP contribution in [0.3, 0.4) is 0 Å². The number of hydrogen-bond donors (Lipinski definition) is 3. The molecule has 31 heavy (non-hydrogen) atoms. The first-order valence-corrected chi connectivity index (χ1v) is 10.4. The van der Waals surface area contributed by atoms with Crippen LogP contribution in [-0.4, -0.2) is 26.6 Å². The molecule has 2 heterocycles. The molecule has 0 saturated carbocycles. The Kier molecular flexibility index (Phi) is 5.31. The Morgan fingerprint density at radius 1 is 1.03 bits per heavy atom. The van der Waals surface area contributed by atoms with Crippen LogP contribution >= 0.6 is 0 Å². The van der Waals surface area contributed by atoms with Gasteiger partial charge in [0.25, 0.3) is 0 Å². The van der Waals surface area contributed by atoms with Crippen molar-refractivity contribution in [3.8, 4) is 11.3 Å². The standard InChI is InChI=1S/C25H28N4O2/c1-24(2,3)31-23(30)29-25(4,14-18-15-26-20-13-9-8-12-19(18)20)22-27-16-21(28-22)17-10-6-5-7-11-17/h5-13,15-16,26H,14H2,1-4H3,(H,27,28)(H,29,30). The minimum atomic E-state index is -0.805. The fraction of sp³-hybridized carbons (Fsp3) is 0.280. The van der Waals surface area contributed by atoms with Crippen molar-refractivity contribution in [2.45, 2.75) is 45.3 Å². The number of ether oxygens (including phenoxy) is 1. The van der Waals surface area contributed by atoms with Crippen LogP contribution < -0.4 is 5.32 Å². The summed E-state index contributed by atoms with van der Waals surface area (Å²) in [5.41, 5.74) is 2.68. The molecule has 0 aliphatic carbocycles. The second-order valence-corrected chi connectivity index (χ2v) is 9.01. The van der Waals surface area contributed by atoms with Crippen molar-refractivity contribution in [1.82, 2.24) is 20.3 Å². The third kappa shape index (κ3) is 4.63. The molecule has 160 valence electrons. The van der Waals surface area contributed by atoms with Crippen molar-refractivity contribution < 1.29 is 9.53 Å². The summed E-state index contributed by atoms with van der Waals surface area (Å²) < 4.78 is 5.55. The van der Waals surface area contributed by atoms with Gasteiger partial charge in [-0.3, -0.25) is 0 Å². The van der Waals surface area contributed by atoms with Crippen LogP contribution in [0.2, 0.25) is 0 Å². The van der Waals surface area contributed by atoms with Crippen LogP contribution in [0.4, 0.5) is 4.79 Å². The summed E-state index contributed by atoms with van der Waals surface area (Å²) in [6.07, 6.45) is 3.85. The Hall–Kier alpha value is -3.54. The van der Waals surface area contributed by atoms with Gasteiger partial charge in [-0.1, -0.05) is 48.5 Å². The maximum atomic E-state index is 12.7. The molecule has 0 saturated heterocycles. The van der Waals surface area contributed by atoms with E-state index >= 15 is 0 Å². The van der Waals surface area contributed by atoms with E-state index in [2.05, 4.69) is 26.3 Å². The number of aromatic nitrogens is 3. The summed E-state index contributed by atoms with van der Waals surface area (Å²) in [5, 5.41) is 4.19. The number of nitrogens with zero attached hydrogens (tertiary/aromatic N) is 1. The number of H-pyrrole nitrogens is 2. The van der Waals surface area contributed by atoms with Crippen LogP contribution in [-0.2, 0) is 16.7 Å². The Morgan fingerprint density at radius 2 is 1.74 bits per heavy atom. The lowest BCUT2D eigenvalue weighted by Gasteiger charge is -2.30. The molecule has 6 nitrogen and oxygen atoms in total. The smallest absolute Gasteiger partial charge is 0.408 e. The fourth-order valence-corrected chi connectivity index (χ4v) is 3.74. The summed E-state index contributed by atoms with van der Waals surface area (Å²) in [7, 11) is 0. The van der Waals surface area contributed by atoms with Gasteiger partial charge in [-0.2, -0.15) is 0 Å². The number of hydrogen-bond acceptors (Lipinski definition) is 3. The zero-order valence-electron chi connectivity index (χ0n) is 18.3. The van der Waals surface area contributed by atoms with Gasteiger partial charge in [0.15, 0.2) is 0 Å². The van der Waals surface area contributed by atoms with Crippen molar-refractivity contribution in [3.05, 3.63) is 78.4 Å². The molecule has 1 atom stereocenters. The summed E-state index contributed by atoms with van der Waals surface area (Å²) in [4.78, 5) is 24.1. The first kappa shape index (κ1) is 20.7. The zero-order valence-corrected chi connectivity index (χ0v) is 18.3. The van der Waals surface area contributed by atoms with E-state index in [1.165, 1.54) is 0 Å². The molecule has 6 heteroatoms. The Morgan fingerprint density at radius 3 is 2.48 bits per heavy atom. The molecule has 1 amide bonds. The van der Waals surface area contributed by atoms with Gasteiger partial charge in [0.1, 0.15) is 17.0 Å². The van der Waals surface area contributed by atoms with E-state index in [1.54, 1.807) is 6.20 Å². The maximum absolute atomic E-state index is 12.7. The first-order chi connectivity index (χ1) is 14.7. The number of fused-ring (bicyclic) bond motifs is 1. The van der Waals surface area contributed by atoms with Crippen molar-refractivity contribution in [2.75, 3.05) is 0 Å². The molecule has 2 aromatic carbocycles. The molecule has 1 unspecified atom stereocenters. The lowest BCUT2D eigenvalue weighted by atomic mass is 9.91. The molecule has 0 aliphatic rings. The van der Waals surface area contributed by atoms with Crippen LogP contribution in [0.25, 0.3) is 22.2 Å². The highest BCUT2D eigenvalue weighted by molar-refractivity contribution is 5.83. The molecule has 3 N–H and O–H groups in total. The number of nitrogens with one attached hydrogen (secondary N) is 3. The number of aromatic amines is 2. The normalized spacial score (nSPS) is 13.7. The lowest BCUT2D eigenvalue weighted by molar-refractivity contribution is 0.0456. The topological polar surface area (TPSA) is 82.8 Å². The van der Waals surface area contributed by atoms with Crippen LogP contribution in [0, 0.1) is 0 Å². The van der Waals surface area contributed by atoms with E-state index in [9.17, 15) is 4.79 Å². The molecule has 0 fully saturated rings. The minimum Gasteiger partial charge on any atom is -0.444 e. The molecule has 0 radical (unpaired) electrons. The highest BCUT2D eigenvalue weighted by atomic mass is 16.6. The number of rotatable bonds is 5. The van der Waals surface area contributed by atoms with E-state index in [0.717, 1.165) is 27.7 Å². The lowest BCUT2D eigenvalue weighted by Crippen LogP contribution is -2.48. The van der Waals surface area contributed by atoms with Crippen molar-refractivity contribution >= 4 is 17.0 Å². The second-order valence-electron chi connectivity index (χ2n) is 9.01. The third-order valence-electron chi connectivity index (χ3n) is 5.18. The predicted molar refractivity (Wildman–Crippen MR) is 123 cm³/mol. The largest absolute Gasteiger partial charge is 0.444 e. The number of benzene rings is 2. The number of carbonyl (C=O) groups excluding carboxylic acids is 1. The molecule has 0 spiro atoms. The van der Waals surface area contributed by atoms with Crippen molar-refractivity contribution in [2.24, 2.45) is 0 Å². The number of alkyl carbamates (subject to hydrolysis) is 1. The molecular weight excluding hydrogens is 388 g/mol. The van der Waals surface area contributed by atoms with Gasteiger partial charge in [-0.15, -0.1) is 0 Å². The SMILES string of the molecule is CC(C)(C)OC(=O)NC(C)(Cc1c[nH]c2ccccc12)c1ncc(-c2ccccc2)[nH]1. The van der Waals surface area contributed by atoms with E-state index < -0.39 is 17.2 Å². The average Bonchev–Trinajstić information content (AvgIpc) is 3.35. The first-order valence-electron chi connectivity index (χ1n) is 10.4. The van der Waals surface area contributed by atoms with Gasteiger partial charge in [-0.05, 0) is 44.9 Å². The van der Waals surface area contributed by atoms with Gasteiger partial charge in [0.2, 0.25) is 0 Å². The molecule has 4 aromatic rings. The van der Waals surface area contributed by atoms with Crippen LogP contribution in [0.5, 0.6) is 0 Å². The van der Waals surface area contributed by atoms with Gasteiger partial charge in [0.05, 0.1) is 11.9 Å². The second kappa shape index (κ2) is 7.95. The number of imidazole rings is 1. The molecule has 0 aliphatic heterocycles. The predicted octanol–water partition coefficient (Wildman–Crippen LogP) is 5.54. The van der Waals surface area contributed by atoms with Crippen molar-refractivity contribution in [3.63, 3.8) is 0 Å². The average molecular weight is 417 g/mol. The minimum absolute atomic E-state index is 0.479. The molecular formula is C25H28N4O2.